The number of amides is 1. The zero-order valence-electron chi connectivity index (χ0n) is 16.6. The summed E-state index contributed by atoms with van der Waals surface area (Å²) in [6.45, 7) is 3.72. The van der Waals surface area contributed by atoms with Gasteiger partial charge in [-0.15, -0.1) is 24.0 Å². The first kappa shape index (κ1) is 26.3. The number of aromatic nitrogens is 4. The van der Waals surface area contributed by atoms with Crippen LogP contribution in [0.15, 0.2) is 12.1 Å². The van der Waals surface area contributed by atoms with Gasteiger partial charge in [0, 0.05) is 39.6 Å². The number of carbonyl (C=O) groups excluding carboxylic acids is 1. The van der Waals surface area contributed by atoms with Crippen LogP contribution in [0.25, 0.3) is 0 Å². The molecule has 2 aromatic rings. The molecular weight excluding hydrogens is 451 g/mol. The predicted octanol–water partition coefficient (Wildman–Crippen LogP) is 1.31. The van der Waals surface area contributed by atoms with E-state index < -0.39 is 5.97 Å². The second-order valence-electron chi connectivity index (χ2n) is 5.59. The number of hydrogen-bond acceptors (Lipinski definition) is 5. The molecule has 0 saturated carbocycles. The van der Waals surface area contributed by atoms with E-state index in [2.05, 4.69) is 15.5 Å². The maximum atomic E-state index is 11.4. The predicted molar refractivity (Wildman–Crippen MR) is 111 cm³/mol. The maximum Gasteiger partial charge on any atom is 0.356 e. The molecule has 0 aromatic carbocycles. The van der Waals surface area contributed by atoms with Gasteiger partial charge in [0.15, 0.2) is 11.4 Å². The molecule has 0 unspecified atom stereocenters. The number of aryl methyl sites for hydroxylation is 4. The summed E-state index contributed by atoms with van der Waals surface area (Å²) in [5.41, 5.74) is 2.43. The van der Waals surface area contributed by atoms with Crippen molar-refractivity contribution in [2.24, 2.45) is 14.1 Å². The molecule has 1 amide bonds. The minimum Gasteiger partial charge on any atom is -0.476 e. The highest BCUT2D eigenvalue weighted by molar-refractivity contribution is 14.0. The van der Waals surface area contributed by atoms with Gasteiger partial charge in [-0.1, -0.05) is 0 Å². The Hall–Kier alpha value is -1.95. The minimum atomic E-state index is -0.983. The molecule has 0 saturated heterocycles. The molecule has 148 valence electrons. The normalized spacial score (nSPS) is 9.08. The van der Waals surface area contributed by atoms with Gasteiger partial charge in [-0.05, 0) is 40.1 Å². The number of aromatic carboxylic acids is 1. The zero-order valence-corrected chi connectivity index (χ0v) is 18.9. The number of carboxylic acids is 1. The SMILES string of the molecule is CNC.Cc1cc(C(=O)N(C)C)nn1C.Cc1cc(C(=O)O)nn1C.I. The molecule has 0 atom stereocenters. The third-order valence-corrected chi connectivity index (χ3v) is 3.07. The van der Waals surface area contributed by atoms with Crippen molar-refractivity contribution in [1.82, 2.24) is 29.8 Å². The van der Waals surface area contributed by atoms with E-state index in [9.17, 15) is 9.59 Å². The van der Waals surface area contributed by atoms with Gasteiger partial charge in [-0.2, -0.15) is 10.2 Å². The molecule has 0 bridgehead atoms. The Morgan fingerprint density at radius 3 is 1.54 bits per heavy atom. The average molecular weight is 480 g/mol. The molecule has 0 aliphatic carbocycles. The minimum absolute atomic E-state index is 0. The molecule has 10 heteroatoms. The monoisotopic (exact) mass is 480 g/mol. The highest BCUT2D eigenvalue weighted by atomic mass is 127. The molecule has 2 heterocycles. The van der Waals surface area contributed by atoms with Crippen LogP contribution < -0.4 is 5.32 Å². The van der Waals surface area contributed by atoms with Gasteiger partial charge in [0.2, 0.25) is 0 Å². The van der Waals surface area contributed by atoms with Crippen LogP contribution >= 0.6 is 24.0 Å². The molecule has 0 aliphatic heterocycles. The Morgan fingerprint density at radius 1 is 1.00 bits per heavy atom. The van der Waals surface area contributed by atoms with Crippen LogP contribution in [0.2, 0.25) is 0 Å². The smallest absolute Gasteiger partial charge is 0.356 e. The van der Waals surface area contributed by atoms with Crippen LogP contribution in [0.3, 0.4) is 0 Å². The molecule has 0 fully saturated rings. The summed E-state index contributed by atoms with van der Waals surface area (Å²) < 4.78 is 3.22. The molecular formula is C16H29IN6O3. The van der Waals surface area contributed by atoms with Crippen LogP contribution in [-0.4, -0.2) is 69.6 Å². The van der Waals surface area contributed by atoms with E-state index in [1.165, 1.54) is 15.6 Å². The topological polar surface area (TPSA) is 105 Å². The van der Waals surface area contributed by atoms with E-state index in [4.69, 9.17) is 5.11 Å². The molecule has 0 spiro atoms. The van der Waals surface area contributed by atoms with Crippen molar-refractivity contribution in [3.63, 3.8) is 0 Å². The van der Waals surface area contributed by atoms with Crippen molar-refractivity contribution in [3.8, 4) is 0 Å². The molecule has 2 N–H and O–H groups in total. The van der Waals surface area contributed by atoms with Crippen molar-refractivity contribution in [2.45, 2.75) is 13.8 Å². The molecule has 2 rings (SSSR count). The zero-order chi connectivity index (χ0) is 19.7. The third-order valence-electron chi connectivity index (χ3n) is 3.07. The number of rotatable bonds is 2. The largest absolute Gasteiger partial charge is 0.476 e. The number of carboxylic acid groups (broad SMARTS) is 1. The van der Waals surface area contributed by atoms with E-state index >= 15 is 0 Å². The first-order valence-corrected chi connectivity index (χ1v) is 7.59. The van der Waals surface area contributed by atoms with Gasteiger partial charge in [-0.25, -0.2) is 4.79 Å². The Labute approximate surface area is 171 Å². The Balaban J connectivity index is 0. The first-order valence-electron chi connectivity index (χ1n) is 7.59. The fourth-order valence-electron chi connectivity index (χ4n) is 1.56. The molecule has 26 heavy (non-hydrogen) atoms. The van der Waals surface area contributed by atoms with Crippen molar-refractivity contribution >= 4 is 35.9 Å². The van der Waals surface area contributed by atoms with E-state index in [1.807, 2.05) is 28.1 Å². The fourth-order valence-corrected chi connectivity index (χ4v) is 1.56. The van der Waals surface area contributed by atoms with E-state index in [0.29, 0.717) is 5.69 Å². The lowest BCUT2D eigenvalue weighted by atomic mass is 10.3. The average Bonchev–Trinajstić information content (AvgIpc) is 3.03. The fraction of sp³-hybridized carbons (Fsp3) is 0.500. The molecule has 9 nitrogen and oxygen atoms in total. The van der Waals surface area contributed by atoms with Gasteiger partial charge >= 0.3 is 5.97 Å². The summed E-state index contributed by atoms with van der Waals surface area (Å²) in [6, 6.07) is 3.31. The van der Waals surface area contributed by atoms with Gasteiger partial charge < -0.3 is 15.3 Å². The molecule has 0 radical (unpaired) electrons. The summed E-state index contributed by atoms with van der Waals surface area (Å²) in [6.07, 6.45) is 0. The van der Waals surface area contributed by atoms with Gasteiger partial charge in [-0.3, -0.25) is 14.2 Å². The van der Waals surface area contributed by atoms with Crippen molar-refractivity contribution in [3.05, 3.63) is 34.9 Å². The lowest BCUT2D eigenvalue weighted by molar-refractivity contribution is 0.0689. The van der Waals surface area contributed by atoms with Gasteiger partial charge in [0.05, 0.1) is 0 Å². The number of nitrogens with one attached hydrogen (secondary N) is 1. The van der Waals surface area contributed by atoms with E-state index in [0.717, 1.165) is 11.4 Å². The van der Waals surface area contributed by atoms with Crippen molar-refractivity contribution < 1.29 is 14.7 Å². The van der Waals surface area contributed by atoms with Crippen LogP contribution in [-0.2, 0) is 14.1 Å². The third kappa shape index (κ3) is 8.43. The van der Waals surface area contributed by atoms with Gasteiger partial charge in [0.25, 0.3) is 5.91 Å². The second kappa shape index (κ2) is 12.4. The Morgan fingerprint density at radius 2 is 1.35 bits per heavy atom. The van der Waals surface area contributed by atoms with E-state index in [-0.39, 0.29) is 35.6 Å². The lowest BCUT2D eigenvalue weighted by Gasteiger charge is -2.06. The molecule has 2 aromatic heterocycles. The summed E-state index contributed by atoms with van der Waals surface area (Å²) >= 11 is 0. The van der Waals surface area contributed by atoms with E-state index in [1.54, 1.807) is 38.8 Å². The Bertz CT molecular complexity index is 670. The summed E-state index contributed by atoms with van der Waals surface area (Å²) in [5.74, 6) is -1.04. The Kier molecular flexibility index (Phi) is 12.5. The number of carbonyl (C=O) groups is 2. The first-order chi connectivity index (χ1) is 11.5. The standard InChI is InChI=1S/C8H13N3O.C6H8N2O2.C2H7N.HI/c1-6-5-7(9-11(6)4)8(12)10(2)3;1-4-3-5(6(9)10)7-8(4)2;1-3-2;/h5H,1-4H3;3H,1-2H3,(H,9,10);3H,1-2H3;1H. The summed E-state index contributed by atoms with van der Waals surface area (Å²) in [7, 11) is 10.7. The maximum absolute atomic E-state index is 11.4. The van der Waals surface area contributed by atoms with Crippen molar-refractivity contribution in [1.29, 1.82) is 0 Å². The van der Waals surface area contributed by atoms with Gasteiger partial charge in [0.1, 0.15) is 0 Å². The lowest BCUT2D eigenvalue weighted by Crippen LogP contribution is -2.22. The second-order valence-corrected chi connectivity index (χ2v) is 5.59. The number of hydrogen-bond donors (Lipinski definition) is 2. The van der Waals surface area contributed by atoms with Crippen LogP contribution in [0, 0.1) is 13.8 Å². The quantitative estimate of drug-likeness (QED) is 0.629. The molecule has 0 aliphatic rings. The highest BCUT2D eigenvalue weighted by Crippen LogP contribution is 2.03. The summed E-state index contributed by atoms with van der Waals surface area (Å²) in [4.78, 5) is 23.2. The van der Waals surface area contributed by atoms with Crippen LogP contribution in [0.1, 0.15) is 32.4 Å². The number of nitrogens with zero attached hydrogens (tertiary/aromatic N) is 5. The highest BCUT2D eigenvalue weighted by Gasteiger charge is 2.11. The van der Waals surface area contributed by atoms with Crippen LogP contribution in [0.5, 0.6) is 0 Å². The number of halogens is 1. The van der Waals surface area contributed by atoms with Crippen LogP contribution in [0.4, 0.5) is 0 Å². The van der Waals surface area contributed by atoms with Crippen molar-refractivity contribution in [2.75, 3.05) is 28.2 Å². The summed E-state index contributed by atoms with van der Waals surface area (Å²) in [5, 5.41) is 19.0.